The van der Waals surface area contributed by atoms with Gasteiger partial charge in [0.1, 0.15) is 0 Å². The van der Waals surface area contributed by atoms with Crippen LogP contribution in [0.4, 0.5) is 5.69 Å². The molecule has 0 unspecified atom stereocenters. The van der Waals surface area contributed by atoms with E-state index in [4.69, 9.17) is 4.42 Å². The molecule has 102 valence electrons. The van der Waals surface area contributed by atoms with Crippen molar-refractivity contribution in [3.63, 3.8) is 0 Å². The topological polar surface area (TPSA) is 64.2 Å². The van der Waals surface area contributed by atoms with Crippen molar-refractivity contribution in [2.75, 3.05) is 5.32 Å². The SMILES string of the molecule is Cn1c(=O)oc2cc(NC(=O)Cc3cccs3)ccc21. The molecule has 0 saturated heterocycles. The highest BCUT2D eigenvalue weighted by atomic mass is 32.1. The number of oxazole rings is 1. The van der Waals surface area contributed by atoms with Crippen molar-refractivity contribution in [1.82, 2.24) is 4.57 Å². The van der Waals surface area contributed by atoms with Crippen LogP contribution in [0.15, 0.2) is 44.9 Å². The Morgan fingerprint density at radius 1 is 1.40 bits per heavy atom. The number of nitrogens with one attached hydrogen (secondary N) is 1. The highest BCUT2D eigenvalue weighted by Gasteiger charge is 2.09. The Morgan fingerprint density at radius 3 is 3.00 bits per heavy atom. The first kappa shape index (κ1) is 12.7. The average Bonchev–Trinajstić information content (AvgIpc) is 2.99. The van der Waals surface area contributed by atoms with E-state index in [0.717, 1.165) is 4.88 Å². The van der Waals surface area contributed by atoms with Gasteiger partial charge in [-0.1, -0.05) is 6.07 Å². The third kappa shape index (κ3) is 2.37. The maximum Gasteiger partial charge on any atom is 0.419 e. The molecule has 0 atom stereocenters. The number of carbonyl (C=O) groups excluding carboxylic acids is 1. The number of aromatic nitrogens is 1. The Morgan fingerprint density at radius 2 is 2.25 bits per heavy atom. The fourth-order valence-corrected chi connectivity index (χ4v) is 2.69. The Hall–Kier alpha value is -2.34. The number of benzene rings is 1. The van der Waals surface area contributed by atoms with Crippen molar-refractivity contribution in [1.29, 1.82) is 0 Å². The lowest BCUT2D eigenvalue weighted by atomic mass is 10.2. The predicted molar refractivity (Wildman–Crippen MR) is 78.1 cm³/mol. The third-order valence-corrected chi connectivity index (χ3v) is 3.87. The Balaban J connectivity index is 1.80. The number of hydrogen-bond donors (Lipinski definition) is 1. The summed E-state index contributed by atoms with van der Waals surface area (Å²) >= 11 is 1.55. The van der Waals surface area contributed by atoms with Gasteiger partial charge in [0.25, 0.3) is 0 Å². The molecule has 3 aromatic rings. The quantitative estimate of drug-likeness (QED) is 0.804. The zero-order valence-electron chi connectivity index (χ0n) is 10.8. The van der Waals surface area contributed by atoms with Gasteiger partial charge in [-0.3, -0.25) is 9.36 Å². The van der Waals surface area contributed by atoms with Crippen LogP contribution >= 0.6 is 11.3 Å². The molecule has 0 aliphatic heterocycles. The van der Waals surface area contributed by atoms with Crippen molar-refractivity contribution in [2.45, 2.75) is 6.42 Å². The molecule has 20 heavy (non-hydrogen) atoms. The van der Waals surface area contributed by atoms with Gasteiger partial charge in [0.05, 0.1) is 11.9 Å². The van der Waals surface area contributed by atoms with Gasteiger partial charge < -0.3 is 9.73 Å². The minimum absolute atomic E-state index is 0.0925. The van der Waals surface area contributed by atoms with Crippen LogP contribution in [0.1, 0.15) is 4.88 Å². The lowest BCUT2D eigenvalue weighted by Gasteiger charge is -2.04. The Bertz CT molecular complexity index is 815. The minimum atomic E-state index is -0.415. The number of thiophene rings is 1. The van der Waals surface area contributed by atoms with E-state index in [1.807, 2.05) is 17.5 Å². The molecule has 2 aromatic heterocycles. The Labute approximate surface area is 118 Å². The smallest absolute Gasteiger partial charge is 0.408 e. The Kier molecular flexibility index (Phi) is 3.15. The van der Waals surface area contributed by atoms with Crippen LogP contribution in [-0.4, -0.2) is 10.5 Å². The summed E-state index contributed by atoms with van der Waals surface area (Å²) in [7, 11) is 1.64. The van der Waals surface area contributed by atoms with E-state index < -0.39 is 5.76 Å². The van der Waals surface area contributed by atoms with E-state index in [9.17, 15) is 9.59 Å². The molecule has 0 radical (unpaired) electrons. The lowest BCUT2D eigenvalue weighted by Crippen LogP contribution is -2.13. The molecule has 5 nitrogen and oxygen atoms in total. The molecule has 1 aromatic carbocycles. The van der Waals surface area contributed by atoms with Gasteiger partial charge in [0.15, 0.2) is 5.58 Å². The number of hydrogen-bond acceptors (Lipinski definition) is 4. The maximum absolute atomic E-state index is 11.9. The zero-order valence-corrected chi connectivity index (χ0v) is 11.6. The molecule has 0 bridgehead atoms. The molecule has 1 amide bonds. The number of fused-ring (bicyclic) bond motifs is 1. The molecule has 1 N–H and O–H groups in total. The molecule has 2 heterocycles. The van der Waals surface area contributed by atoms with Crippen LogP contribution in [-0.2, 0) is 18.3 Å². The summed E-state index contributed by atoms with van der Waals surface area (Å²) < 4.78 is 6.51. The fraction of sp³-hybridized carbons (Fsp3) is 0.143. The largest absolute Gasteiger partial charge is 0.419 e. The van der Waals surface area contributed by atoms with Crippen LogP contribution < -0.4 is 11.1 Å². The van der Waals surface area contributed by atoms with Crippen molar-refractivity contribution in [3.05, 3.63) is 51.1 Å². The second-order valence-corrected chi connectivity index (χ2v) is 5.45. The van der Waals surface area contributed by atoms with E-state index in [-0.39, 0.29) is 5.91 Å². The van der Waals surface area contributed by atoms with Crippen LogP contribution in [0.3, 0.4) is 0 Å². The maximum atomic E-state index is 11.9. The normalized spacial score (nSPS) is 10.8. The molecule has 0 aliphatic rings. The van der Waals surface area contributed by atoms with Crippen molar-refractivity contribution >= 4 is 34.0 Å². The van der Waals surface area contributed by atoms with Crippen molar-refractivity contribution < 1.29 is 9.21 Å². The van der Waals surface area contributed by atoms with Crippen LogP contribution in [0.5, 0.6) is 0 Å². The number of aryl methyl sites for hydroxylation is 1. The summed E-state index contributed by atoms with van der Waals surface area (Å²) in [6, 6.07) is 9.00. The van der Waals surface area contributed by atoms with E-state index in [1.165, 1.54) is 4.57 Å². The van der Waals surface area contributed by atoms with Gasteiger partial charge in [0, 0.05) is 23.7 Å². The third-order valence-electron chi connectivity index (χ3n) is 2.99. The zero-order chi connectivity index (χ0) is 14.1. The number of amides is 1. The van der Waals surface area contributed by atoms with Gasteiger partial charge >= 0.3 is 5.76 Å². The molecule has 0 saturated carbocycles. The molecule has 0 spiro atoms. The summed E-state index contributed by atoms with van der Waals surface area (Å²) in [4.78, 5) is 24.3. The van der Waals surface area contributed by atoms with Crippen LogP contribution in [0.2, 0.25) is 0 Å². The first-order valence-corrected chi connectivity index (χ1v) is 6.93. The second kappa shape index (κ2) is 4.97. The molecule has 0 fully saturated rings. The van der Waals surface area contributed by atoms with Crippen LogP contribution in [0.25, 0.3) is 11.1 Å². The predicted octanol–water partition coefficient (Wildman–Crippen LogP) is 2.37. The van der Waals surface area contributed by atoms with E-state index in [1.54, 1.807) is 36.6 Å². The minimum Gasteiger partial charge on any atom is -0.408 e. The van der Waals surface area contributed by atoms with Gasteiger partial charge in [0.2, 0.25) is 5.91 Å². The van der Waals surface area contributed by atoms with Gasteiger partial charge in [-0.05, 0) is 23.6 Å². The standard InChI is InChI=1S/C14H12N2O3S/c1-16-11-5-4-9(7-12(11)19-14(16)18)15-13(17)8-10-3-2-6-20-10/h2-7H,8H2,1H3,(H,15,17). The van der Waals surface area contributed by atoms with Crippen molar-refractivity contribution in [3.8, 4) is 0 Å². The number of anilines is 1. The van der Waals surface area contributed by atoms with E-state index in [2.05, 4.69) is 5.32 Å². The molecular weight excluding hydrogens is 276 g/mol. The molecule has 0 aliphatic carbocycles. The van der Waals surface area contributed by atoms with Gasteiger partial charge in [-0.15, -0.1) is 11.3 Å². The summed E-state index contributed by atoms with van der Waals surface area (Å²) in [5.41, 5.74) is 1.78. The molecular formula is C14H12N2O3S. The fourth-order valence-electron chi connectivity index (χ4n) is 1.99. The first-order chi connectivity index (χ1) is 9.63. The second-order valence-electron chi connectivity index (χ2n) is 4.41. The molecule has 6 heteroatoms. The summed E-state index contributed by atoms with van der Waals surface area (Å²) in [5, 5.41) is 4.74. The average molecular weight is 288 g/mol. The summed E-state index contributed by atoms with van der Waals surface area (Å²) in [6.07, 6.45) is 0.342. The van der Waals surface area contributed by atoms with E-state index >= 15 is 0 Å². The lowest BCUT2D eigenvalue weighted by molar-refractivity contribution is -0.115. The highest BCUT2D eigenvalue weighted by molar-refractivity contribution is 7.10. The van der Waals surface area contributed by atoms with Crippen LogP contribution in [0, 0.1) is 0 Å². The number of nitrogens with zero attached hydrogens (tertiary/aromatic N) is 1. The number of carbonyl (C=O) groups is 1. The summed E-state index contributed by atoms with van der Waals surface area (Å²) in [6.45, 7) is 0. The highest BCUT2D eigenvalue weighted by Crippen LogP contribution is 2.18. The van der Waals surface area contributed by atoms with Gasteiger partial charge in [-0.25, -0.2) is 4.79 Å². The van der Waals surface area contributed by atoms with Crippen molar-refractivity contribution in [2.24, 2.45) is 7.05 Å². The monoisotopic (exact) mass is 288 g/mol. The molecule has 3 rings (SSSR count). The first-order valence-electron chi connectivity index (χ1n) is 6.05. The number of rotatable bonds is 3. The summed E-state index contributed by atoms with van der Waals surface area (Å²) in [5.74, 6) is -0.507. The van der Waals surface area contributed by atoms with Gasteiger partial charge in [-0.2, -0.15) is 0 Å². The van der Waals surface area contributed by atoms with E-state index in [0.29, 0.717) is 23.2 Å².